The number of hydrogen-bond acceptors (Lipinski definition) is 4. The number of aromatic hydroxyl groups is 1. The molecule has 4 heteroatoms. The van der Waals surface area contributed by atoms with Crippen LogP contribution in [0.4, 0.5) is 0 Å². The number of phenolic OH excluding ortho intramolecular Hbond substituents is 1. The van der Waals surface area contributed by atoms with Gasteiger partial charge < -0.3 is 9.84 Å². The van der Waals surface area contributed by atoms with Gasteiger partial charge in [-0.2, -0.15) is 0 Å². The average Bonchev–Trinajstić information content (AvgIpc) is 2.77. The SMILES string of the molecule is CCCC1C[C@H](c2ccc(O)cc2)[C@@H](C(=O)OC)C1=O. The van der Waals surface area contributed by atoms with Gasteiger partial charge in [0, 0.05) is 11.8 Å². The number of carbonyl (C=O) groups excluding carboxylic acids is 2. The van der Waals surface area contributed by atoms with Gasteiger partial charge in [0.2, 0.25) is 0 Å². The second-order valence-corrected chi connectivity index (χ2v) is 5.32. The van der Waals surface area contributed by atoms with Crippen LogP contribution in [0.1, 0.15) is 37.7 Å². The zero-order valence-electron chi connectivity index (χ0n) is 11.8. The van der Waals surface area contributed by atoms with Gasteiger partial charge in [0.05, 0.1) is 7.11 Å². The first-order valence-corrected chi connectivity index (χ1v) is 6.99. The highest BCUT2D eigenvalue weighted by Crippen LogP contribution is 2.43. The van der Waals surface area contributed by atoms with E-state index in [2.05, 4.69) is 0 Å². The summed E-state index contributed by atoms with van der Waals surface area (Å²) in [5.41, 5.74) is 0.908. The van der Waals surface area contributed by atoms with Crippen molar-refractivity contribution in [2.75, 3.05) is 7.11 Å². The number of ketones is 1. The standard InChI is InChI=1S/C16H20O4/c1-3-4-11-9-13(10-5-7-12(17)8-6-10)14(15(11)18)16(19)20-2/h5-8,11,13-14,17H,3-4,9H2,1-2H3/t11?,13-,14-/m1/s1. The maximum absolute atomic E-state index is 12.4. The van der Waals surface area contributed by atoms with Crippen molar-refractivity contribution in [3.8, 4) is 5.75 Å². The van der Waals surface area contributed by atoms with Crippen molar-refractivity contribution in [2.45, 2.75) is 32.1 Å². The molecule has 0 radical (unpaired) electrons. The molecule has 2 rings (SSSR count). The summed E-state index contributed by atoms with van der Waals surface area (Å²) in [7, 11) is 1.32. The number of hydrogen-bond donors (Lipinski definition) is 1. The van der Waals surface area contributed by atoms with Crippen LogP contribution in [0.15, 0.2) is 24.3 Å². The van der Waals surface area contributed by atoms with Crippen LogP contribution in [0, 0.1) is 11.8 Å². The lowest BCUT2D eigenvalue weighted by atomic mass is 9.88. The molecule has 0 aliphatic heterocycles. The third-order valence-electron chi connectivity index (χ3n) is 4.06. The third kappa shape index (κ3) is 2.69. The zero-order valence-corrected chi connectivity index (χ0v) is 11.8. The topological polar surface area (TPSA) is 63.6 Å². The van der Waals surface area contributed by atoms with Crippen molar-refractivity contribution in [3.63, 3.8) is 0 Å². The van der Waals surface area contributed by atoms with E-state index in [-0.39, 0.29) is 23.4 Å². The Balaban J connectivity index is 2.31. The Hall–Kier alpha value is -1.84. The van der Waals surface area contributed by atoms with Crippen LogP contribution >= 0.6 is 0 Å². The summed E-state index contributed by atoms with van der Waals surface area (Å²) >= 11 is 0. The Morgan fingerprint density at radius 1 is 1.35 bits per heavy atom. The molecule has 1 N–H and O–H groups in total. The van der Waals surface area contributed by atoms with E-state index in [0.29, 0.717) is 6.42 Å². The van der Waals surface area contributed by atoms with E-state index in [1.165, 1.54) is 7.11 Å². The van der Waals surface area contributed by atoms with Crippen molar-refractivity contribution in [1.82, 2.24) is 0 Å². The normalized spacial score (nSPS) is 25.7. The molecule has 1 fully saturated rings. The Bertz CT molecular complexity index is 492. The van der Waals surface area contributed by atoms with Crippen molar-refractivity contribution < 1.29 is 19.4 Å². The van der Waals surface area contributed by atoms with Gasteiger partial charge in [-0.05, 0) is 30.5 Å². The van der Waals surface area contributed by atoms with Crippen molar-refractivity contribution >= 4 is 11.8 Å². The Labute approximate surface area is 118 Å². The lowest BCUT2D eigenvalue weighted by Crippen LogP contribution is -2.26. The minimum Gasteiger partial charge on any atom is -0.508 e. The molecule has 1 aliphatic carbocycles. The molecule has 0 amide bonds. The number of carbonyl (C=O) groups is 2. The molecule has 0 aromatic heterocycles. The van der Waals surface area contributed by atoms with Crippen molar-refractivity contribution in [2.24, 2.45) is 11.8 Å². The third-order valence-corrected chi connectivity index (χ3v) is 4.06. The number of Topliss-reactive ketones (excluding diaryl/α,β-unsaturated/α-hetero) is 1. The minimum absolute atomic E-state index is 0.00299. The first-order valence-electron chi connectivity index (χ1n) is 6.99. The molecule has 108 valence electrons. The number of phenols is 1. The Morgan fingerprint density at radius 2 is 2.00 bits per heavy atom. The van der Waals surface area contributed by atoms with Crippen LogP contribution in [-0.2, 0) is 14.3 Å². The maximum atomic E-state index is 12.4. The summed E-state index contributed by atoms with van der Waals surface area (Å²) < 4.78 is 4.80. The van der Waals surface area contributed by atoms with Crippen molar-refractivity contribution in [3.05, 3.63) is 29.8 Å². The molecular formula is C16H20O4. The van der Waals surface area contributed by atoms with Gasteiger partial charge in [0.1, 0.15) is 11.7 Å². The van der Waals surface area contributed by atoms with E-state index >= 15 is 0 Å². The molecule has 1 aromatic rings. The molecule has 20 heavy (non-hydrogen) atoms. The predicted octanol–water partition coefficient (Wildman–Crippen LogP) is 2.65. The first kappa shape index (κ1) is 14.6. The van der Waals surface area contributed by atoms with Gasteiger partial charge >= 0.3 is 5.97 Å². The van der Waals surface area contributed by atoms with Crippen LogP contribution in [0.5, 0.6) is 5.75 Å². The monoisotopic (exact) mass is 276 g/mol. The summed E-state index contributed by atoms with van der Waals surface area (Å²) in [5, 5.41) is 9.35. The highest BCUT2D eigenvalue weighted by molar-refractivity contribution is 6.03. The molecule has 0 saturated heterocycles. The molecular weight excluding hydrogens is 256 g/mol. The highest BCUT2D eigenvalue weighted by Gasteiger charge is 2.46. The summed E-state index contributed by atoms with van der Waals surface area (Å²) in [6.45, 7) is 2.04. The lowest BCUT2D eigenvalue weighted by molar-refractivity contribution is -0.149. The van der Waals surface area contributed by atoms with Crippen LogP contribution in [0.3, 0.4) is 0 Å². The van der Waals surface area contributed by atoms with Gasteiger partial charge in [0.25, 0.3) is 0 Å². The fraction of sp³-hybridized carbons (Fsp3) is 0.500. The molecule has 1 aliphatic rings. The summed E-state index contributed by atoms with van der Waals surface area (Å²) in [6, 6.07) is 6.72. The van der Waals surface area contributed by atoms with Gasteiger partial charge in [-0.3, -0.25) is 9.59 Å². The number of methoxy groups -OCH3 is 1. The van der Waals surface area contributed by atoms with E-state index < -0.39 is 11.9 Å². The highest BCUT2D eigenvalue weighted by atomic mass is 16.5. The minimum atomic E-state index is -0.707. The van der Waals surface area contributed by atoms with E-state index in [0.717, 1.165) is 18.4 Å². The lowest BCUT2D eigenvalue weighted by Gasteiger charge is -2.16. The molecule has 0 heterocycles. The van der Waals surface area contributed by atoms with Crippen molar-refractivity contribution in [1.29, 1.82) is 0 Å². The maximum Gasteiger partial charge on any atom is 0.316 e. The molecule has 3 atom stereocenters. The van der Waals surface area contributed by atoms with E-state index in [4.69, 9.17) is 4.74 Å². The second-order valence-electron chi connectivity index (χ2n) is 5.32. The summed E-state index contributed by atoms with van der Waals surface area (Å²) in [5.74, 6) is -1.20. The predicted molar refractivity (Wildman–Crippen MR) is 74.4 cm³/mol. The van der Waals surface area contributed by atoms with Crippen LogP contribution in [0.25, 0.3) is 0 Å². The number of rotatable bonds is 4. The molecule has 4 nitrogen and oxygen atoms in total. The molecule has 0 spiro atoms. The first-order chi connectivity index (χ1) is 9.58. The largest absolute Gasteiger partial charge is 0.508 e. The molecule has 1 saturated carbocycles. The quantitative estimate of drug-likeness (QED) is 0.678. The molecule has 0 bridgehead atoms. The fourth-order valence-electron chi connectivity index (χ4n) is 3.08. The molecule has 1 unspecified atom stereocenters. The van der Waals surface area contributed by atoms with Gasteiger partial charge in [-0.1, -0.05) is 25.5 Å². The van der Waals surface area contributed by atoms with E-state index in [1.807, 2.05) is 6.92 Å². The number of benzene rings is 1. The van der Waals surface area contributed by atoms with Gasteiger partial charge in [-0.15, -0.1) is 0 Å². The Morgan fingerprint density at radius 3 is 2.55 bits per heavy atom. The summed E-state index contributed by atoms with van der Waals surface area (Å²) in [6.07, 6.45) is 2.41. The fourth-order valence-corrected chi connectivity index (χ4v) is 3.08. The second kappa shape index (κ2) is 6.07. The average molecular weight is 276 g/mol. The van der Waals surface area contributed by atoms with Crippen LogP contribution in [-0.4, -0.2) is 24.0 Å². The number of ether oxygens (including phenoxy) is 1. The van der Waals surface area contributed by atoms with Gasteiger partial charge in [0.15, 0.2) is 5.78 Å². The van der Waals surface area contributed by atoms with Crippen LogP contribution < -0.4 is 0 Å². The smallest absolute Gasteiger partial charge is 0.316 e. The van der Waals surface area contributed by atoms with E-state index in [9.17, 15) is 14.7 Å². The van der Waals surface area contributed by atoms with Crippen LogP contribution in [0.2, 0.25) is 0 Å². The van der Waals surface area contributed by atoms with E-state index in [1.54, 1.807) is 24.3 Å². The zero-order chi connectivity index (χ0) is 14.7. The number of esters is 1. The van der Waals surface area contributed by atoms with Gasteiger partial charge in [-0.25, -0.2) is 0 Å². The molecule has 1 aromatic carbocycles. The Kier molecular flexibility index (Phi) is 4.42. The summed E-state index contributed by atoms with van der Waals surface area (Å²) in [4.78, 5) is 24.3.